The van der Waals surface area contributed by atoms with Crippen molar-refractivity contribution in [3.05, 3.63) is 82.9 Å². The van der Waals surface area contributed by atoms with Crippen LogP contribution in [-0.4, -0.2) is 52.7 Å². The Kier molecular flexibility index (Phi) is 8.19. The number of ether oxygens (including phenoxy) is 3. The molecule has 3 heterocycles. The molecule has 4 atom stereocenters. The molecule has 1 unspecified atom stereocenters. The molecule has 0 aliphatic carbocycles. The first-order valence-corrected chi connectivity index (χ1v) is 14.2. The fourth-order valence-corrected chi connectivity index (χ4v) is 5.29. The number of methoxy groups -OCH3 is 1. The number of carbonyl (C=O) groups is 1. The summed E-state index contributed by atoms with van der Waals surface area (Å²) in [7, 11) is -3.45. The summed E-state index contributed by atoms with van der Waals surface area (Å²) in [6.45, 7) is 3.14. The number of amides is 1. The van der Waals surface area contributed by atoms with E-state index < -0.39 is 56.1 Å². The van der Waals surface area contributed by atoms with Crippen LogP contribution in [0.1, 0.15) is 29.8 Å². The maximum Gasteiger partial charge on any atom is 0.290 e. The monoisotopic (exact) mass is 609 g/mol. The van der Waals surface area contributed by atoms with Gasteiger partial charge in [0, 0.05) is 6.92 Å². The second-order valence-electron chi connectivity index (χ2n) is 9.88. The third-order valence-corrected chi connectivity index (χ3v) is 7.57. The third-order valence-electron chi connectivity index (χ3n) is 7.13. The number of benzene rings is 2. The van der Waals surface area contributed by atoms with Crippen LogP contribution >= 0.6 is 7.82 Å². The van der Waals surface area contributed by atoms with Crippen LogP contribution < -0.4 is 14.2 Å². The summed E-state index contributed by atoms with van der Waals surface area (Å²) in [5, 5.41) is 0. The second-order valence-corrected chi connectivity index (χ2v) is 11.1. The summed E-state index contributed by atoms with van der Waals surface area (Å²) < 4.78 is 77.4. The van der Waals surface area contributed by atoms with Gasteiger partial charge in [-0.05, 0) is 48.4 Å². The van der Waals surface area contributed by atoms with E-state index in [1.54, 1.807) is 49.1 Å². The van der Waals surface area contributed by atoms with Crippen LogP contribution in [0.5, 0.6) is 5.75 Å². The normalized spacial score (nSPS) is 23.0. The number of morpholine rings is 2. The zero-order chi connectivity index (χ0) is 30.3. The number of halogens is 3. The van der Waals surface area contributed by atoms with Gasteiger partial charge in [0.15, 0.2) is 41.4 Å². The van der Waals surface area contributed by atoms with E-state index >= 15 is 0 Å². The first-order valence-electron chi connectivity index (χ1n) is 12.7. The third kappa shape index (κ3) is 5.94. The molecule has 2 aliphatic rings. The quantitative estimate of drug-likeness (QED) is 0.188. The van der Waals surface area contributed by atoms with Gasteiger partial charge in [0.25, 0.3) is 20.1 Å². The number of phosphoric ester groups is 1. The fourth-order valence-electron chi connectivity index (χ4n) is 5.02. The van der Waals surface area contributed by atoms with Crippen molar-refractivity contribution in [2.75, 3.05) is 20.3 Å². The average molecular weight is 609 g/mol. The maximum absolute atomic E-state index is 14.0. The molecule has 3 aromatic rings. The van der Waals surface area contributed by atoms with Crippen LogP contribution in [0, 0.1) is 24.4 Å². The summed E-state index contributed by atoms with van der Waals surface area (Å²) in [4.78, 5) is 35.0. The largest absolute Gasteiger partial charge is 0.756 e. The van der Waals surface area contributed by atoms with E-state index in [4.69, 9.17) is 19.1 Å². The first-order chi connectivity index (χ1) is 19.9. The van der Waals surface area contributed by atoms with Crippen LogP contribution in [0.2, 0.25) is 0 Å². The number of imidazole rings is 1. The first kappa shape index (κ1) is 29.8. The Bertz CT molecular complexity index is 1580. The molecule has 2 fully saturated rings. The lowest BCUT2D eigenvalue weighted by Crippen LogP contribution is -2.59. The number of aryl methyl sites for hydroxylation is 1. The predicted octanol–water partition coefficient (Wildman–Crippen LogP) is 2.66. The molecule has 42 heavy (non-hydrogen) atoms. The topological polar surface area (TPSA) is 126 Å². The van der Waals surface area contributed by atoms with Crippen LogP contribution in [-0.2, 0) is 30.1 Å². The summed E-state index contributed by atoms with van der Waals surface area (Å²) in [5.41, 5.74) is 1.81. The van der Waals surface area contributed by atoms with Gasteiger partial charge >= 0.3 is 0 Å². The maximum atomic E-state index is 14.0. The second kappa shape index (κ2) is 11.5. The lowest BCUT2D eigenvalue weighted by atomic mass is 9.97. The van der Waals surface area contributed by atoms with E-state index in [-0.39, 0.29) is 24.5 Å². The minimum absolute atomic E-state index is 0.0126. The van der Waals surface area contributed by atoms with Crippen molar-refractivity contribution < 1.29 is 55.6 Å². The Hall–Kier alpha value is -3.68. The van der Waals surface area contributed by atoms with Crippen molar-refractivity contribution >= 4 is 19.8 Å². The molecule has 1 amide bonds. The number of fused-ring (bicyclic) bond motifs is 1. The highest BCUT2D eigenvalue weighted by Gasteiger charge is 2.45. The van der Waals surface area contributed by atoms with Gasteiger partial charge in [-0.15, -0.1) is 0 Å². The molecule has 11 nitrogen and oxygen atoms in total. The number of hydrogen-bond donors (Lipinski definition) is 1. The number of aromatic nitrogens is 2. The lowest BCUT2D eigenvalue weighted by molar-refractivity contribution is -0.596. The van der Waals surface area contributed by atoms with Crippen LogP contribution in [0.3, 0.4) is 0 Å². The molecule has 1 aromatic heterocycles. The van der Waals surface area contributed by atoms with E-state index in [1.807, 2.05) is 0 Å². The number of rotatable bonds is 7. The van der Waals surface area contributed by atoms with Gasteiger partial charge in [0.2, 0.25) is 0 Å². The molecule has 5 rings (SSSR count). The molecule has 15 heteroatoms. The number of phosphoric acid groups is 1. The van der Waals surface area contributed by atoms with Crippen LogP contribution in [0.4, 0.5) is 13.2 Å². The summed E-state index contributed by atoms with van der Waals surface area (Å²) in [6, 6.07) is 5.37. The number of hydrogen-bond acceptors (Lipinski definition) is 7. The van der Waals surface area contributed by atoms with Crippen molar-refractivity contribution in [1.82, 2.24) is 9.47 Å². The minimum atomic E-state index is -4.91. The van der Waals surface area contributed by atoms with Gasteiger partial charge in [-0.25, -0.2) is 17.7 Å². The van der Waals surface area contributed by atoms with E-state index in [9.17, 15) is 27.4 Å². The van der Waals surface area contributed by atoms with Crippen LogP contribution in [0.25, 0.3) is 11.8 Å². The van der Waals surface area contributed by atoms with E-state index in [2.05, 4.69) is 4.52 Å². The standard InChI is InChI=1S/C27H27F3N3O8P/c1-15-10-31(13-32(15)14-40-42(35,36)37)21-5-4-17(6-24(21)38-3)7-25-27(34)33-22(16(2)41-25)11-39-12-23(33)18-8-19(28)26(30)20(29)9-18/h4-10,13,16,22-23H,11-12,14H2,1-3H3,(H-,35,36,37)/b25-7-/t16-,22+,23-/m0/s1. The highest BCUT2D eigenvalue weighted by molar-refractivity contribution is 7.44. The summed E-state index contributed by atoms with van der Waals surface area (Å²) >= 11 is 0. The van der Waals surface area contributed by atoms with Gasteiger partial charge in [0.05, 0.1) is 32.4 Å². The zero-order valence-corrected chi connectivity index (χ0v) is 23.6. The molecule has 0 saturated carbocycles. The van der Waals surface area contributed by atoms with Gasteiger partial charge in [-0.2, -0.15) is 4.57 Å². The zero-order valence-electron chi connectivity index (χ0n) is 22.7. The molecule has 2 aromatic carbocycles. The van der Waals surface area contributed by atoms with Gasteiger partial charge in [0.1, 0.15) is 18.0 Å². The molecular formula is C27H27F3N3O8P. The van der Waals surface area contributed by atoms with Crippen molar-refractivity contribution in [1.29, 1.82) is 0 Å². The Labute approximate surface area is 238 Å². The summed E-state index contributed by atoms with van der Waals surface area (Å²) in [5.74, 6) is -4.46. The molecule has 0 bridgehead atoms. The smallest absolute Gasteiger partial charge is 0.290 e. The molecule has 0 radical (unpaired) electrons. The Morgan fingerprint density at radius 3 is 2.60 bits per heavy atom. The molecule has 2 saturated heterocycles. The predicted molar refractivity (Wildman–Crippen MR) is 137 cm³/mol. The fraction of sp³-hybridized carbons (Fsp3) is 0.333. The summed E-state index contributed by atoms with van der Waals surface area (Å²) in [6.07, 6.45) is 4.23. The van der Waals surface area contributed by atoms with Gasteiger partial charge in [-0.1, -0.05) is 6.07 Å². The van der Waals surface area contributed by atoms with Gasteiger partial charge < -0.3 is 28.9 Å². The van der Waals surface area contributed by atoms with E-state index in [1.165, 1.54) is 22.7 Å². The van der Waals surface area contributed by atoms with Gasteiger partial charge in [-0.3, -0.25) is 13.9 Å². The number of nitrogens with zero attached hydrogens (tertiary/aromatic N) is 3. The van der Waals surface area contributed by atoms with Crippen molar-refractivity contribution in [2.24, 2.45) is 0 Å². The highest BCUT2D eigenvalue weighted by atomic mass is 31.2. The Balaban J connectivity index is 1.44. The molecule has 2 aliphatic heterocycles. The lowest BCUT2D eigenvalue weighted by Gasteiger charge is -2.47. The average Bonchev–Trinajstić information content (AvgIpc) is 3.32. The Morgan fingerprint density at radius 2 is 1.93 bits per heavy atom. The Morgan fingerprint density at radius 1 is 1.21 bits per heavy atom. The SMILES string of the molecule is COc1cc(/C=C2\O[C@@H](C)[C@H]3COC[C@@H](c4cc(F)c(F)c(F)c4)N3C2=O)ccc1-[n+]1cc(C)n(COP(=O)([O-])O)c1. The van der Waals surface area contributed by atoms with E-state index in [0.717, 1.165) is 12.1 Å². The highest BCUT2D eigenvalue weighted by Crippen LogP contribution is 2.37. The molecular weight excluding hydrogens is 582 g/mol. The molecule has 0 spiro atoms. The van der Waals surface area contributed by atoms with Crippen LogP contribution in [0.15, 0.2) is 48.6 Å². The van der Waals surface area contributed by atoms with E-state index in [0.29, 0.717) is 22.7 Å². The number of carbonyl (C=O) groups excluding carboxylic acids is 1. The van der Waals surface area contributed by atoms with Crippen molar-refractivity contribution in [3.8, 4) is 11.4 Å². The minimum Gasteiger partial charge on any atom is -0.756 e. The van der Waals surface area contributed by atoms with Crippen molar-refractivity contribution in [2.45, 2.75) is 38.8 Å². The molecule has 224 valence electrons. The van der Waals surface area contributed by atoms with Crippen molar-refractivity contribution in [3.63, 3.8) is 0 Å². The molecule has 1 N–H and O–H groups in total.